The predicted molar refractivity (Wildman–Crippen MR) is 74.5 cm³/mol. The van der Waals surface area contributed by atoms with Gasteiger partial charge in [0.05, 0.1) is 24.2 Å². The van der Waals surface area contributed by atoms with Crippen LogP contribution in [0.3, 0.4) is 0 Å². The van der Waals surface area contributed by atoms with Crippen molar-refractivity contribution in [3.05, 3.63) is 21.0 Å². The topological polar surface area (TPSA) is 73.7 Å². The van der Waals surface area contributed by atoms with Crippen molar-refractivity contribution in [3.63, 3.8) is 0 Å². The van der Waals surface area contributed by atoms with Crippen molar-refractivity contribution in [1.82, 2.24) is 13.9 Å². The van der Waals surface area contributed by atoms with Crippen LogP contribution in [0, 0.1) is 11.3 Å². The summed E-state index contributed by atoms with van der Waals surface area (Å²) >= 11 is 0. The minimum atomic E-state index is -0.173. The third kappa shape index (κ3) is 1.08. The van der Waals surface area contributed by atoms with Gasteiger partial charge in [-0.05, 0) is 25.7 Å². The molecule has 0 saturated heterocycles. The van der Waals surface area contributed by atoms with Crippen LogP contribution in [0.2, 0.25) is 0 Å². The molecular formula is C14H19N5O2. The van der Waals surface area contributed by atoms with Crippen LogP contribution in [0.1, 0.15) is 44.7 Å². The first-order valence-corrected chi connectivity index (χ1v) is 7.85. The number of nitrogens with zero attached hydrogens (tertiary/aromatic N) is 5. The molecule has 0 amide bonds. The Labute approximate surface area is 121 Å². The van der Waals surface area contributed by atoms with Crippen LogP contribution in [0.5, 0.6) is 0 Å². The lowest BCUT2D eigenvalue weighted by Gasteiger charge is -2.62. The van der Waals surface area contributed by atoms with Crippen molar-refractivity contribution in [2.75, 3.05) is 0 Å². The number of hydrogen-bond acceptors (Lipinski definition) is 4. The monoisotopic (exact) mass is 289 g/mol. The fraction of sp³-hybridized carbons (Fsp3) is 0.857. The summed E-state index contributed by atoms with van der Waals surface area (Å²) in [5, 5.41) is 9.01. The van der Waals surface area contributed by atoms with Crippen molar-refractivity contribution in [1.29, 1.82) is 0 Å². The predicted octanol–water partition coefficient (Wildman–Crippen LogP) is 0.857. The van der Waals surface area contributed by atoms with E-state index < -0.39 is 0 Å². The maximum atomic E-state index is 12.5. The van der Waals surface area contributed by atoms with E-state index in [1.54, 1.807) is 16.4 Å². The normalized spacial score (nSPS) is 45.7. The van der Waals surface area contributed by atoms with E-state index in [1.807, 2.05) is 0 Å². The Kier molecular flexibility index (Phi) is 1.93. The molecule has 0 radical (unpaired) electrons. The molecule has 0 N–H and O–H groups in total. The summed E-state index contributed by atoms with van der Waals surface area (Å²) in [6.45, 7) is 2.27. The van der Waals surface area contributed by atoms with Crippen molar-refractivity contribution in [3.8, 4) is 0 Å². The first-order valence-electron chi connectivity index (χ1n) is 7.85. The third-order valence-electron chi connectivity index (χ3n) is 6.62. The largest absolute Gasteiger partial charge is 0.347 e. The third-order valence-corrected chi connectivity index (χ3v) is 6.62. The molecule has 21 heavy (non-hydrogen) atoms. The Morgan fingerprint density at radius 2 is 1.81 bits per heavy atom. The van der Waals surface area contributed by atoms with Gasteiger partial charge in [0.2, 0.25) is 0 Å². The van der Waals surface area contributed by atoms with Crippen molar-refractivity contribution < 1.29 is 0 Å². The van der Waals surface area contributed by atoms with E-state index in [-0.39, 0.29) is 41.0 Å². The second kappa shape index (κ2) is 3.39. The van der Waals surface area contributed by atoms with E-state index in [1.165, 1.54) is 4.57 Å². The van der Waals surface area contributed by atoms with Crippen LogP contribution in [0.15, 0.2) is 19.8 Å². The molecule has 0 spiro atoms. The summed E-state index contributed by atoms with van der Waals surface area (Å²) in [6.07, 6.45) is 4.09. The smallest absolute Gasteiger partial charge is 0.246 e. The molecule has 4 aliphatic heterocycles. The molecule has 5 heterocycles. The quantitative estimate of drug-likeness (QED) is 0.710. The van der Waals surface area contributed by atoms with Crippen LogP contribution >= 0.6 is 0 Å². The van der Waals surface area contributed by atoms with Gasteiger partial charge >= 0.3 is 11.4 Å². The second-order valence-electron chi connectivity index (χ2n) is 7.26. The lowest BCUT2D eigenvalue weighted by Crippen LogP contribution is -2.65. The molecule has 2 aliphatic carbocycles. The van der Waals surface area contributed by atoms with Gasteiger partial charge in [-0.2, -0.15) is 10.2 Å². The molecule has 2 fully saturated rings. The summed E-state index contributed by atoms with van der Waals surface area (Å²) in [5.41, 5.74) is -0.367. The van der Waals surface area contributed by atoms with Gasteiger partial charge in [-0.1, -0.05) is 6.92 Å². The first-order chi connectivity index (χ1) is 10.0. The Balaban J connectivity index is 1.85. The van der Waals surface area contributed by atoms with Gasteiger partial charge in [0.1, 0.15) is 0 Å². The van der Waals surface area contributed by atoms with Crippen molar-refractivity contribution >= 4 is 0 Å². The van der Waals surface area contributed by atoms with Gasteiger partial charge in [0.15, 0.2) is 0 Å². The van der Waals surface area contributed by atoms with Crippen LogP contribution in [0.4, 0.5) is 0 Å². The van der Waals surface area contributed by atoms with Gasteiger partial charge in [-0.3, -0.25) is 0 Å². The SMILES string of the molecule is Cn1c(=O)n2n(c1=O)[C@H]1CC[C@@H]2[C@H]2[C@@H]3CC[C@@H](N=N3)[C@]21C. The average Bonchev–Trinajstić information content (AvgIpc) is 2.74. The molecule has 112 valence electrons. The van der Waals surface area contributed by atoms with E-state index in [2.05, 4.69) is 17.2 Å². The summed E-state index contributed by atoms with van der Waals surface area (Å²) in [4.78, 5) is 25.0. The van der Waals surface area contributed by atoms with Gasteiger partial charge in [0, 0.05) is 18.4 Å². The second-order valence-corrected chi connectivity index (χ2v) is 7.26. The minimum absolute atomic E-state index is 0.0226. The lowest BCUT2D eigenvalue weighted by atomic mass is 9.51. The molecule has 4 bridgehead atoms. The zero-order valence-electron chi connectivity index (χ0n) is 12.3. The van der Waals surface area contributed by atoms with Gasteiger partial charge in [0.25, 0.3) is 0 Å². The number of azo groups is 1. The number of fused-ring (bicyclic) bond motifs is 2. The number of hydrogen-bond donors (Lipinski definition) is 0. The molecule has 2 saturated carbocycles. The van der Waals surface area contributed by atoms with E-state index in [4.69, 9.17) is 0 Å². The van der Waals surface area contributed by atoms with E-state index in [0.29, 0.717) is 5.92 Å². The minimum Gasteiger partial charge on any atom is -0.246 e. The van der Waals surface area contributed by atoms with Crippen molar-refractivity contribution in [2.24, 2.45) is 28.6 Å². The van der Waals surface area contributed by atoms with E-state index in [9.17, 15) is 9.59 Å². The van der Waals surface area contributed by atoms with E-state index >= 15 is 0 Å². The highest BCUT2D eigenvalue weighted by Gasteiger charge is 2.65. The summed E-state index contributed by atoms with van der Waals surface area (Å²) < 4.78 is 4.73. The first kappa shape index (κ1) is 11.9. The molecule has 7 rings (SSSR count). The maximum absolute atomic E-state index is 12.5. The molecule has 0 aromatic carbocycles. The van der Waals surface area contributed by atoms with Crippen LogP contribution in [-0.2, 0) is 7.05 Å². The summed E-state index contributed by atoms with van der Waals surface area (Å²) in [5.74, 6) is 0.354. The number of rotatable bonds is 0. The fourth-order valence-electron chi connectivity index (χ4n) is 5.69. The molecular weight excluding hydrogens is 270 g/mol. The zero-order chi connectivity index (χ0) is 14.5. The van der Waals surface area contributed by atoms with Crippen LogP contribution in [-0.4, -0.2) is 26.0 Å². The molecule has 6 atom stereocenters. The highest BCUT2D eigenvalue weighted by atomic mass is 16.2. The molecule has 1 aromatic rings. The molecule has 0 unspecified atom stereocenters. The maximum Gasteiger partial charge on any atom is 0.347 e. The zero-order valence-corrected chi connectivity index (χ0v) is 12.3. The lowest BCUT2D eigenvalue weighted by molar-refractivity contribution is -0.121. The van der Waals surface area contributed by atoms with Gasteiger partial charge < -0.3 is 0 Å². The van der Waals surface area contributed by atoms with E-state index in [0.717, 1.165) is 25.7 Å². The highest BCUT2D eigenvalue weighted by Crippen LogP contribution is 2.63. The van der Waals surface area contributed by atoms with Crippen LogP contribution < -0.4 is 11.4 Å². The Bertz CT molecular complexity index is 786. The molecule has 7 heteroatoms. The fourth-order valence-corrected chi connectivity index (χ4v) is 5.69. The van der Waals surface area contributed by atoms with Gasteiger partial charge in [-0.25, -0.2) is 23.5 Å². The van der Waals surface area contributed by atoms with Gasteiger partial charge in [-0.15, -0.1) is 0 Å². The van der Waals surface area contributed by atoms with Crippen LogP contribution in [0.25, 0.3) is 0 Å². The Morgan fingerprint density at radius 3 is 2.52 bits per heavy atom. The molecule has 1 aromatic heterocycles. The molecule has 6 aliphatic rings. The summed E-state index contributed by atoms with van der Waals surface area (Å²) in [7, 11) is 1.58. The van der Waals surface area contributed by atoms with Crippen molar-refractivity contribution in [2.45, 2.75) is 56.8 Å². The number of aromatic nitrogens is 3. The highest BCUT2D eigenvalue weighted by molar-refractivity contribution is 5.16. The Hall–Kier alpha value is -1.66. The Morgan fingerprint density at radius 1 is 1.05 bits per heavy atom. The average molecular weight is 289 g/mol. The summed E-state index contributed by atoms with van der Waals surface area (Å²) in [6, 6.07) is 0.620. The molecule has 7 nitrogen and oxygen atoms in total. The standard InChI is InChI=1S/C14H19N5O2/c1-14-9-5-3-7(15-16-9)11(14)8-4-6-10(14)19-13(21)17(2)12(20)18(8)19/h7-11H,3-6H2,1-2H3/t7-,8+,9+,10-,11+,14-/m0/s1.